The van der Waals surface area contributed by atoms with E-state index < -0.39 is 49.5 Å². The van der Waals surface area contributed by atoms with Gasteiger partial charge in [-0.05, 0) is 57.8 Å². The summed E-state index contributed by atoms with van der Waals surface area (Å²) in [5.41, 5.74) is 0. The van der Waals surface area contributed by atoms with Crippen molar-refractivity contribution in [3.63, 3.8) is 0 Å². The molecular formula is C62H117NO10. The summed E-state index contributed by atoms with van der Waals surface area (Å²) in [5, 5.41) is 54.2. The van der Waals surface area contributed by atoms with Crippen molar-refractivity contribution in [2.24, 2.45) is 0 Å². The van der Waals surface area contributed by atoms with E-state index in [1.165, 1.54) is 212 Å². The molecule has 430 valence electrons. The number of amides is 1. The third-order valence-corrected chi connectivity index (χ3v) is 14.8. The molecule has 1 rings (SSSR count). The van der Waals surface area contributed by atoms with E-state index in [9.17, 15) is 35.1 Å². The summed E-state index contributed by atoms with van der Waals surface area (Å²) in [6.45, 7) is 4.32. The summed E-state index contributed by atoms with van der Waals surface area (Å²) in [4.78, 5) is 25.0. The van der Waals surface area contributed by atoms with Crippen molar-refractivity contribution in [1.82, 2.24) is 5.32 Å². The van der Waals surface area contributed by atoms with Crippen molar-refractivity contribution in [2.45, 2.75) is 339 Å². The number of aliphatic hydroxyl groups is 5. The molecule has 1 aliphatic heterocycles. The van der Waals surface area contributed by atoms with Crippen molar-refractivity contribution in [3.8, 4) is 0 Å². The van der Waals surface area contributed by atoms with E-state index in [2.05, 4.69) is 31.3 Å². The van der Waals surface area contributed by atoms with Gasteiger partial charge in [-0.2, -0.15) is 0 Å². The lowest BCUT2D eigenvalue weighted by Gasteiger charge is -2.40. The maximum Gasteiger partial charge on any atom is 0.305 e. The molecule has 1 aliphatic rings. The molecule has 0 saturated carbocycles. The number of unbranched alkanes of at least 4 members (excludes halogenated alkanes) is 38. The van der Waals surface area contributed by atoms with Crippen LogP contribution >= 0.6 is 0 Å². The second-order valence-corrected chi connectivity index (χ2v) is 21.8. The fraction of sp³-hybridized carbons (Fsp3) is 0.903. The number of aliphatic hydroxyl groups excluding tert-OH is 5. The predicted molar refractivity (Wildman–Crippen MR) is 301 cm³/mol. The maximum atomic E-state index is 13.0. The van der Waals surface area contributed by atoms with Crippen LogP contribution in [0.2, 0.25) is 0 Å². The molecule has 1 saturated heterocycles. The minimum absolute atomic E-state index is 0.00260. The van der Waals surface area contributed by atoms with Gasteiger partial charge < -0.3 is 45.1 Å². The lowest BCUT2D eigenvalue weighted by molar-refractivity contribution is -0.302. The third kappa shape index (κ3) is 41.9. The van der Waals surface area contributed by atoms with Gasteiger partial charge in [0.25, 0.3) is 0 Å². The van der Waals surface area contributed by atoms with Crippen LogP contribution < -0.4 is 5.32 Å². The Morgan fingerprint density at radius 1 is 0.493 bits per heavy atom. The monoisotopic (exact) mass is 1040 g/mol. The standard InChI is InChI=1S/C62H117NO10/c1-3-5-7-9-11-13-29-34-38-42-46-50-58(67)71-51-47-43-39-35-31-28-26-24-22-20-18-16-14-15-17-19-21-23-25-27-30-33-37-41-45-49-57(66)63-54(55(65)48-44-40-36-32-12-10-8-6-4-2)53-72-62-61(70)60(69)59(68)56(52-64)73-62/h15,17,44,48,54-56,59-62,64-65,68-70H,3-14,16,18-43,45-47,49-53H2,1-2H3,(H,63,66)/b17-15-,48-44+. The van der Waals surface area contributed by atoms with E-state index in [4.69, 9.17) is 14.2 Å². The molecule has 11 nitrogen and oxygen atoms in total. The largest absolute Gasteiger partial charge is 0.466 e. The van der Waals surface area contributed by atoms with Crippen LogP contribution in [0.5, 0.6) is 0 Å². The Kier molecular flexibility index (Phi) is 49.5. The van der Waals surface area contributed by atoms with Crippen molar-refractivity contribution < 1.29 is 49.3 Å². The first kappa shape index (κ1) is 69.2. The zero-order valence-electron chi connectivity index (χ0n) is 47.4. The molecule has 1 fully saturated rings. The van der Waals surface area contributed by atoms with Crippen LogP contribution in [0.3, 0.4) is 0 Å². The minimum Gasteiger partial charge on any atom is -0.466 e. The van der Waals surface area contributed by atoms with Gasteiger partial charge in [-0.1, -0.05) is 250 Å². The Hall–Kier alpha value is -1.86. The Balaban J connectivity index is 1.99. The molecule has 0 aromatic heterocycles. The van der Waals surface area contributed by atoms with E-state index in [0.717, 1.165) is 57.8 Å². The van der Waals surface area contributed by atoms with Gasteiger partial charge in [-0.15, -0.1) is 0 Å². The number of nitrogens with one attached hydrogen (secondary N) is 1. The summed E-state index contributed by atoms with van der Waals surface area (Å²) in [6.07, 6.45) is 53.0. The summed E-state index contributed by atoms with van der Waals surface area (Å²) >= 11 is 0. The van der Waals surface area contributed by atoms with Crippen molar-refractivity contribution in [3.05, 3.63) is 24.3 Å². The van der Waals surface area contributed by atoms with Crippen LogP contribution in [0.4, 0.5) is 0 Å². The van der Waals surface area contributed by atoms with Crippen LogP contribution in [0.15, 0.2) is 24.3 Å². The van der Waals surface area contributed by atoms with Crippen molar-refractivity contribution >= 4 is 11.9 Å². The number of carbonyl (C=O) groups is 2. The summed E-state index contributed by atoms with van der Waals surface area (Å²) in [7, 11) is 0. The van der Waals surface area contributed by atoms with Gasteiger partial charge in [0, 0.05) is 12.8 Å². The number of ether oxygens (including phenoxy) is 3. The molecule has 6 N–H and O–H groups in total. The SMILES string of the molecule is CCCCCCCCC/C=C/C(O)C(COC1OC(CO)C(O)C(O)C1O)NC(=O)CCCCCCCCCCC/C=C\CCCCCCCCCCCCCCOC(=O)CCCCCCCCCCCCC. The highest BCUT2D eigenvalue weighted by atomic mass is 16.7. The number of allylic oxidation sites excluding steroid dienone is 3. The highest BCUT2D eigenvalue weighted by Gasteiger charge is 2.44. The van der Waals surface area contributed by atoms with E-state index >= 15 is 0 Å². The highest BCUT2D eigenvalue weighted by Crippen LogP contribution is 2.23. The maximum absolute atomic E-state index is 13.0. The molecular weight excluding hydrogens is 919 g/mol. The molecule has 0 aromatic carbocycles. The quantitative estimate of drug-likeness (QED) is 0.0195. The van der Waals surface area contributed by atoms with Crippen LogP contribution in [-0.4, -0.2) is 100 Å². The smallest absolute Gasteiger partial charge is 0.305 e. The molecule has 73 heavy (non-hydrogen) atoms. The zero-order chi connectivity index (χ0) is 53.1. The minimum atomic E-state index is -1.57. The molecule has 11 heteroatoms. The van der Waals surface area contributed by atoms with Gasteiger partial charge in [-0.3, -0.25) is 9.59 Å². The zero-order valence-corrected chi connectivity index (χ0v) is 47.4. The summed E-state index contributed by atoms with van der Waals surface area (Å²) in [6, 6.07) is -0.810. The van der Waals surface area contributed by atoms with E-state index in [1.807, 2.05) is 6.08 Å². The molecule has 1 amide bonds. The number of rotatable bonds is 54. The highest BCUT2D eigenvalue weighted by molar-refractivity contribution is 5.76. The normalized spacial score (nSPS) is 19.0. The van der Waals surface area contributed by atoms with Crippen molar-refractivity contribution in [1.29, 1.82) is 0 Å². The fourth-order valence-corrected chi connectivity index (χ4v) is 9.84. The van der Waals surface area contributed by atoms with Gasteiger partial charge in [0.1, 0.15) is 24.4 Å². The van der Waals surface area contributed by atoms with Gasteiger partial charge in [0.05, 0.1) is 32.0 Å². The van der Waals surface area contributed by atoms with Crippen LogP contribution in [0.25, 0.3) is 0 Å². The summed E-state index contributed by atoms with van der Waals surface area (Å²) < 4.78 is 16.7. The second-order valence-electron chi connectivity index (χ2n) is 21.8. The molecule has 0 spiro atoms. The molecule has 0 radical (unpaired) electrons. The third-order valence-electron chi connectivity index (χ3n) is 14.8. The number of esters is 1. The van der Waals surface area contributed by atoms with E-state index in [1.54, 1.807) is 6.08 Å². The van der Waals surface area contributed by atoms with Crippen LogP contribution in [-0.2, 0) is 23.8 Å². The fourth-order valence-electron chi connectivity index (χ4n) is 9.84. The van der Waals surface area contributed by atoms with Crippen molar-refractivity contribution in [2.75, 3.05) is 19.8 Å². The molecule has 0 aromatic rings. The van der Waals surface area contributed by atoms with Gasteiger partial charge in [0.15, 0.2) is 6.29 Å². The molecule has 0 bridgehead atoms. The first-order chi connectivity index (χ1) is 35.7. The predicted octanol–water partition coefficient (Wildman–Crippen LogP) is 14.5. The van der Waals surface area contributed by atoms with Gasteiger partial charge >= 0.3 is 5.97 Å². The lowest BCUT2D eigenvalue weighted by atomic mass is 9.99. The molecule has 7 atom stereocenters. The molecule has 7 unspecified atom stereocenters. The Morgan fingerprint density at radius 3 is 1.32 bits per heavy atom. The topological polar surface area (TPSA) is 175 Å². The number of hydrogen-bond donors (Lipinski definition) is 6. The first-order valence-corrected chi connectivity index (χ1v) is 31.1. The van der Waals surface area contributed by atoms with E-state index in [0.29, 0.717) is 19.4 Å². The molecule has 0 aliphatic carbocycles. The summed E-state index contributed by atoms with van der Waals surface area (Å²) in [5.74, 6) is -0.184. The average molecular weight is 1040 g/mol. The number of hydrogen-bond acceptors (Lipinski definition) is 10. The first-order valence-electron chi connectivity index (χ1n) is 31.1. The molecule has 1 heterocycles. The van der Waals surface area contributed by atoms with Crippen LogP contribution in [0.1, 0.15) is 296 Å². The lowest BCUT2D eigenvalue weighted by Crippen LogP contribution is -2.60. The second kappa shape index (κ2) is 52.2. The van der Waals surface area contributed by atoms with Gasteiger partial charge in [0.2, 0.25) is 5.91 Å². The average Bonchev–Trinajstić information content (AvgIpc) is 3.39. The number of carbonyl (C=O) groups excluding carboxylic acids is 2. The Bertz CT molecular complexity index is 1260. The Morgan fingerprint density at radius 2 is 0.877 bits per heavy atom. The van der Waals surface area contributed by atoms with Gasteiger partial charge in [-0.25, -0.2) is 0 Å². The van der Waals surface area contributed by atoms with E-state index in [-0.39, 0.29) is 18.5 Å². The Labute approximate surface area is 448 Å². The van der Waals surface area contributed by atoms with Crippen LogP contribution in [0, 0.1) is 0 Å².